The minimum Gasteiger partial charge on any atom is -0.497 e. The quantitative estimate of drug-likeness (QED) is 0.384. The predicted octanol–water partition coefficient (Wildman–Crippen LogP) is 5.14. The molecule has 3 aromatic carbocycles. The monoisotopic (exact) mass is 496 g/mol. The Hall–Kier alpha value is -3.81. The van der Waals surface area contributed by atoms with Gasteiger partial charge in [-0.1, -0.05) is 23.2 Å². The van der Waals surface area contributed by atoms with E-state index in [0.29, 0.717) is 38.8 Å². The molecule has 1 heterocycles. The summed E-state index contributed by atoms with van der Waals surface area (Å²) in [6.45, 7) is -0.247. The van der Waals surface area contributed by atoms with Gasteiger partial charge in [0, 0.05) is 22.3 Å². The summed E-state index contributed by atoms with van der Waals surface area (Å²) in [6.07, 6.45) is 0. The number of hydrogen-bond donors (Lipinski definition) is 2. The highest BCUT2D eigenvalue weighted by Gasteiger charge is 2.13. The second-order valence-corrected chi connectivity index (χ2v) is 8.11. The topological polar surface area (TPSA) is 97.6 Å². The van der Waals surface area contributed by atoms with Crippen molar-refractivity contribution in [3.8, 4) is 17.1 Å². The lowest BCUT2D eigenvalue weighted by Gasteiger charge is -2.09. The summed E-state index contributed by atoms with van der Waals surface area (Å²) in [5, 5.41) is 6.23. The Morgan fingerprint density at radius 3 is 2.44 bits per heavy atom. The van der Waals surface area contributed by atoms with Crippen molar-refractivity contribution in [3.63, 3.8) is 0 Å². The minimum absolute atomic E-state index is 0.191. The largest absolute Gasteiger partial charge is 0.497 e. The van der Waals surface area contributed by atoms with Crippen molar-refractivity contribution in [2.75, 3.05) is 19.0 Å². The summed E-state index contributed by atoms with van der Waals surface area (Å²) in [5.41, 5.74) is 1.65. The lowest BCUT2D eigenvalue weighted by molar-refractivity contribution is -0.115. The Morgan fingerprint density at radius 1 is 0.971 bits per heavy atom. The smallest absolute Gasteiger partial charge is 0.253 e. The summed E-state index contributed by atoms with van der Waals surface area (Å²) in [6, 6.07) is 17.7. The Labute approximate surface area is 204 Å². The second kappa shape index (κ2) is 9.99. The summed E-state index contributed by atoms with van der Waals surface area (Å²) in [7, 11) is 1.53. The normalized spacial score (nSPS) is 10.7. The maximum absolute atomic E-state index is 12.5. The third-order valence-corrected chi connectivity index (χ3v) is 5.52. The van der Waals surface area contributed by atoms with Crippen molar-refractivity contribution in [2.45, 2.75) is 0 Å². The number of halogens is 2. The van der Waals surface area contributed by atoms with E-state index in [1.807, 2.05) is 0 Å². The number of amides is 2. The van der Waals surface area contributed by atoms with Crippen LogP contribution in [0.4, 0.5) is 5.69 Å². The number of fused-ring (bicyclic) bond motifs is 1. The molecule has 1 aromatic heterocycles. The van der Waals surface area contributed by atoms with Crippen LogP contribution in [0.15, 0.2) is 75.9 Å². The van der Waals surface area contributed by atoms with Gasteiger partial charge in [0.05, 0.1) is 29.6 Å². The van der Waals surface area contributed by atoms with E-state index in [4.69, 9.17) is 32.4 Å². The minimum atomic E-state index is -0.490. The number of anilines is 1. The molecule has 0 saturated heterocycles. The van der Waals surface area contributed by atoms with Gasteiger partial charge in [-0.15, -0.1) is 0 Å². The molecule has 0 radical (unpaired) electrons. The number of carbonyl (C=O) groups excluding carboxylic acids is 2. The number of ether oxygens (including phenoxy) is 1. The average molecular weight is 497 g/mol. The molecule has 4 rings (SSSR count). The van der Waals surface area contributed by atoms with E-state index in [1.165, 1.54) is 25.3 Å². The van der Waals surface area contributed by atoms with Gasteiger partial charge in [0.2, 0.25) is 5.91 Å². The van der Waals surface area contributed by atoms with Crippen molar-refractivity contribution in [1.29, 1.82) is 0 Å². The van der Waals surface area contributed by atoms with Crippen LogP contribution in [0.3, 0.4) is 0 Å². The van der Waals surface area contributed by atoms with E-state index in [-0.39, 0.29) is 22.6 Å². The molecule has 0 atom stereocenters. The van der Waals surface area contributed by atoms with Gasteiger partial charge in [-0.2, -0.15) is 0 Å². The lowest BCUT2D eigenvalue weighted by Crippen LogP contribution is -2.33. The van der Waals surface area contributed by atoms with Crippen LogP contribution in [0, 0.1) is 0 Å². The lowest BCUT2D eigenvalue weighted by atomic mass is 10.1. The number of nitrogens with one attached hydrogen (secondary N) is 2. The molecule has 2 amide bonds. The first-order chi connectivity index (χ1) is 16.3. The third-order valence-electron chi connectivity index (χ3n) is 4.97. The van der Waals surface area contributed by atoms with E-state index in [9.17, 15) is 14.4 Å². The van der Waals surface area contributed by atoms with Crippen LogP contribution in [0.2, 0.25) is 10.0 Å². The zero-order chi connectivity index (χ0) is 24.2. The van der Waals surface area contributed by atoms with E-state index in [2.05, 4.69) is 10.6 Å². The van der Waals surface area contributed by atoms with Gasteiger partial charge in [0.25, 0.3) is 5.91 Å². The molecule has 0 saturated carbocycles. The number of rotatable bonds is 6. The molecule has 2 N–H and O–H groups in total. The van der Waals surface area contributed by atoms with Gasteiger partial charge < -0.3 is 19.8 Å². The molecule has 0 aliphatic carbocycles. The molecule has 0 spiro atoms. The third kappa shape index (κ3) is 5.22. The van der Waals surface area contributed by atoms with Gasteiger partial charge in [0.1, 0.15) is 17.1 Å². The predicted molar refractivity (Wildman–Crippen MR) is 132 cm³/mol. The standard InChI is InChI=1S/C25H18Cl2N2O5/c1-33-17-7-9-22-19(11-17)21(30)12-23(34-22)14-2-5-16(6-3-14)29-24(31)13-28-25(32)18-8-4-15(26)10-20(18)27/h2-12H,13H2,1H3,(H,28,32)(H,29,31). The van der Waals surface area contributed by atoms with Crippen molar-refractivity contribution in [3.05, 3.63) is 92.6 Å². The van der Waals surface area contributed by atoms with Crippen LogP contribution in [0.25, 0.3) is 22.3 Å². The molecule has 9 heteroatoms. The molecule has 0 bridgehead atoms. The Kier molecular flexibility index (Phi) is 6.86. The first-order valence-corrected chi connectivity index (χ1v) is 10.8. The summed E-state index contributed by atoms with van der Waals surface area (Å²) < 4.78 is 11.0. The molecule has 0 aliphatic rings. The molecule has 4 aromatic rings. The van der Waals surface area contributed by atoms with Crippen LogP contribution < -0.4 is 20.8 Å². The Morgan fingerprint density at radius 2 is 1.74 bits per heavy atom. The Bertz CT molecular complexity index is 1450. The van der Waals surface area contributed by atoms with Crippen LogP contribution in [0.5, 0.6) is 5.75 Å². The molecule has 0 unspecified atom stereocenters. The van der Waals surface area contributed by atoms with Gasteiger partial charge in [-0.25, -0.2) is 0 Å². The van der Waals surface area contributed by atoms with Gasteiger partial charge in [-0.3, -0.25) is 14.4 Å². The van der Waals surface area contributed by atoms with Crippen molar-refractivity contribution in [2.24, 2.45) is 0 Å². The molecule has 7 nitrogen and oxygen atoms in total. The van der Waals surface area contributed by atoms with Crippen molar-refractivity contribution >= 4 is 51.7 Å². The molecule has 0 fully saturated rings. The van der Waals surface area contributed by atoms with E-state index in [1.54, 1.807) is 48.5 Å². The van der Waals surface area contributed by atoms with E-state index < -0.39 is 11.8 Å². The van der Waals surface area contributed by atoms with Crippen LogP contribution in [-0.2, 0) is 4.79 Å². The first-order valence-electron chi connectivity index (χ1n) is 10.1. The fourth-order valence-electron chi connectivity index (χ4n) is 3.26. The van der Waals surface area contributed by atoms with Crippen LogP contribution >= 0.6 is 23.2 Å². The summed E-state index contributed by atoms with van der Waals surface area (Å²) in [4.78, 5) is 37.0. The van der Waals surface area contributed by atoms with Gasteiger partial charge in [-0.05, 0) is 60.7 Å². The zero-order valence-corrected chi connectivity index (χ0v) is 19.4. The average Bonchev–Trinajstić information content (AvgIpc) is 2.83. The number of methoxy groups -OCH3 is 1. The highest BCUT2D eigenvalue weighted by molar-refractivity contribution is 6.36. The van der Waals surface area contributed by atoms with Crippen molar-refractivity contribution in [1.82, 2.24) is 5.32 Å². The number of hydrogen-bond acceptors (Lipinski definition) is 5. The maximum Gasteiger partial charge on any atom is 0.253 e. The molecule has 34 heavy (non-hydrogen) atoms. The molecular weight excluding hydrogens is 479 g/mol. The Balaban J connectivity index is 1.41. The maximum atomic E-state index is 12.5. The highest BCUT2D eigenvalue weighted by Crippen LogP contribution is 2.26. The highest BCUT2D eigenvalue weighted by atomic mass is 35.5. The number of benzene rings is 3. The van der Waals surface area contributed by atoms with E-state index >= 15 is 0 Å². The van der Waals surface area contributed by atoms with Crippen LogP contribution in [0.1, 0.15) is 10.4 Å². The SMILES string of the molecule is COc1ccc2oc(-c3ccc(NC(=O)CNC(=O)c4ccc(Cl)cc4Cl)cc3)cc(=O)c2c1. The summed E-state index contributed by atoms with van der Waals surface area (Å²) >= 11 is 11.8. The zero-order valence-electron chi connectivity index (χ0n) is 17.9. The molecule has 172 valence electrons. The van der Waals surface area contributed by atoms with E-state index in [0.717, 1.165) is 0 Å². The first kappa shape index (κ1) is 23.4. The van der Waals surface area contributed by atoms with Crippen molar-refractivity contribution < 1.29 is 18.7 Å². The second-order valence-electron chi connectivity index (χ2n) is 7.27. The molecular formula is C25H18Cl2N2O5. The summed E-state index contributed by atoms with van der Waals surface area (Å²) in [5.74, 6) is 0.0567. The van der Waals surface area contributed by atoms with Gasteiger partial charge in [0.15, 0.2) is 5.43 Å². The number of carbonyl (C=O) groups is 2. The van der Waals surface area contributed by atoms with Gasteiger partial charge >= 0.3 is 0 Å². The van der Waals surface area contributed by atoms with Crippen LogP contribution in [-0.4, -0.2) is 25.5 Å². The fourth-order valence-corrected chi connectivity index (χ4v) is 3.75. The molecule has 0 aliphatic heterocycles. The fraction of sp³-hybridized carbons (Fsp3) is 0.0800.